The number of nitrogens with one attached hydrogen (secondary N) is 2. The van der Waals surface area contributed by atoms with Crippen LogP contribution in [0.1, 0.15) is 66.5 Å². The molecule has 0 aromatic heterocycles. The van der Waals surface area contributed by atoms with Crippen molar-refractivity contribution < 1.29 is 14.1 Å². The molecule has 2 rings (SSSR count). The normalized spacial score (nSPS) is 19.0. The van der Waals surface area contributed by atoms with Crippen LogP contribution in [0.4, 0.5) is 0 Å². The van der Waals surface area contributed by atoms with Crippen molar-refractivity contribution in [2.45, 2.75) is 78.7 Å². The number of carbonyl (C=O) groups is 1. The lowest BCUT2D eigenvalue weighted by Gasteiger charge is -2.32. The van der Waals surface area contributed by atoms with Crippen molar-refractivity contribution in [3.63, 3.8) is 0 Å². The van der Waals surface area contributed by atoms with Gasteiger partial charge in [0.2, 0.25) is 5.91 Å². The van der Waals surface area contributed by atoms with Crippen LogP contribution < -0.4 is 10.6 Å². The predicted octanol–water partition coefficient (Wildman–Crippen LogP) is 3.73. The molecular weight excluding hydrogens is 351 g/mol. The van der Waals surface area contributed by atoms with Crippen LogP contribution in [0.3, 0.4) is 0 Å². The molecule has 0 unspecified atom stereocenters. The Bertz CT molecular complexity index is 702. The van der Waals surface area contributed by atoms with Gasteiger partial charge in [-0.25, -0.2) is 0 Å². The summed E-state index contributed by atoms with van der Waals surface area (Å²) in [4.78, 5) is 11.4. The summed E-state index contributed by atoms with van der Waals surface area (Å²) in [6.45, 7) is 17.3. The van der Waals surface area contributed by atoms with E-state index in [9.17, 15) is 4.79 Å². The van der Waals surface area contributed by atoms with Gasteiger partial charge in [-0.05, 0) is 65.1 Å². The van der Waals surface area contributed by atoms with Gasteiger partial charge in [0.05, 0.1) is 11.2 Å². The third-order valence-corrected chi connectivity index (χ3v) is 5.25. The molecule has 2 N–H and O–H groups in total. The van der Waals surface area contributed by atoms with Gasteiger partial charge in [-0.3, -0.25) is 4.79 Å². The van der Waals surface area contributed by atoms with Gasteiger partial charge in [0.15, 0.2) is 0 Å². The molecule has 0 atom stereocenters. The monoisotopic (exact) mass is 386 g/mol. The maximum atomic E-state index is 11.4. The van der Waals surface area contributed by atoms with Crippen LogP contribution in [0.15, 0.2) is 29.7 Å². The topological polar surface area (TPSA) is 59.6 Å². The number of hydrogen-bond acceptors (Lipinski definition) is 4. The maximum Gasteiger partial charge on any atom is 0.492 e. The quantitative estimate of drug-likeness (QED) is 0.732. The minimum absolute atomic E-state index is 0.0778. The molecule has 0 bridgehead atoms. The number of amides is 1. The highest BCUT2D eigenvalue weighted by atomic mass is 16.7. The number of rotatable bonds is 6. The number of benzene rings is 1. The molecule has 154 valence electrons. The fraction of sp³-hybridized carbons (Fsp3) is 0.591. The Morgan fingerprint density at radius 2 is 1.61 bits per heavy atom. The van der Waals surface area contributed by atoms with E-state index < -0.39 is 18.3 Å². The molecule has 0 spiro atoms. The van der Waals surface area contributed by atoms with Crippen LogP contribution in [0.5, 0.6) is 0 Å². The Balaban J connectivity index is 2.19. The van der Waals surface area contributed by atoms with E-state index in [0.29, 0.717) is 6.54 Å². The van der Waals surface area contributed by atoms with Gasteiger partial charge >= 0.3 is 7.12 Å². The molecule has 1 aliphatic rings. The summed E-state index contributed by atoms with van der Waals surface area (Å²) in [6, 6.07) is 8.40. The van der Waals surface area contributed by atoms with Crippen LogP contribution in [-0.4, -0.2) is 36.3 Å². The standard InChI is InChI=1S/C22H35BN2O3/c1-16(26)24-15-19(23-27-21(5,6)22(7,8)28-23)13-17-9-11-18(12-10-17)14-25-20(2,3)4/h9-13,25H,14-15H2,1-8H3,(H,24,26). The summed E-state index contributed by atoms with van der Waals surface area (Å²) < 4.78 is 12.4. The minimum Gasteiger partial charge on any atom is -0.400 e. The Kier molecular flexibility index (Phi) is 6.80. The molecule has 6 heteroatoms. The van der Waals surface area contributed by atoms with Crippen molar-refractivity contribution in [3.8, 4) is 0 Å². The molecule has 0 saturated carbocycles. The largest absolute Gasteiger partial charge is 0.492 e. The van der Waals surface area contributed by atoms with Gasteiger partial charge in [0, 0.05) is 25.6 Å². The summed E-state index contributed by atoms with van der Waals surface area (Å²) in [5.74, 6) is -0.0778. The van der Waals surface area contributed by atoms with E-state index >= 15 is 0 Å². The van der Waals surface area contributed by atoms with E-state index in [1.807, 2.05) is 33.8 Å². The first-order valence-corrected chi connectivity index (χ1v) is 9.94. The molecule has 1 saturated heterocycles. The third kappa shape index (κ3) is 6.19. The van der Waals surface area contributed by atoms with Gasteiger partial charge < -0.3 is 19.9 Å². The van der Waals surface area contributed by atoms with Crippen LogP contribution in [-0.2, 0) is 20.6 Å². The van der Waals surface area contributed by atoms with Gasteiger partial charge in [-0.15, -0.1) is 0 Å². The summed E-state index contributed by atoms with van der Waals surface area (Å²) >= 11 is 0. The van der Waals surface area contributed by atoms with E-state index in [4.69, 9.17) is 9.31 Å². The van der Waals surface area contributed by atoms with Crippen LogP contribution in [0, 0.1) is 0 Å². The zero-order chi connectivity index (χ0) is 21.2. The Labute approximate surface area is 170 Å². The second-order valence-corrected chi connectivity index (χ2v) is 9.56. The molecule has 0 radical (unpaired) electrons. The zero-order valence-electron chi connectivity index (χ0n) is 18.6. The first-order valence-electron chi connectivity index (χ1n) is 9.94. The van der Waals surface area contributed by atoms with Gasteiger partial charge in [-0.2, -0.15) is 0 Å². The predicted molar refractivity (Wildman–Crippen MR) is 116 cm³/mol. The molecule has 0 aliphatic carbocycles. The van der Waals surface area contributed by atoms with Gasteiger partial charge in [0.25, 0.3) is 0 Å². The fourth-order valence-electron chi connectivity index (χ4n) is 2.74. The van der Waals surface area contributed by atoms with Crippen LogP contribution in [0.25, 0.3) is 6.08 Å². The van der Waals surface area contributed by atoms with Crippen molar-refractivity contribution >= 4 is 19.1 Å². The molecule has 1 aromatic rings. The molecule has 1 aromatic carbocycles. The van der Waals surface area contributed by atoms with Crippen molar-refractivity contribution in [3.05, 3.63) is 40.9 Å². The summed E-state index contributed by atoms with van der Waals surface area (Å²) in [7, 11) is -0.487. The van der Waals surface area contributed by atoms with Crippen molar-refractivity contribution in [2.24, 2.45) is 0 Å². The molecule has 1 aliphatic heterocycles. The number of hydrogen-bond donors (Lipinski definition) is 2. The Hall–Kier alpha value is -1.63. The molecule has 1 amide bonds. The van der Waals surface area contributed by atoms with Gasteiger partial charge in [0.1, 0.15) is 0 Å². The highest BCUT2D eigenvalue weighted by molar-refractivity contribution is 6.56. The van der Waals surface area contributed by atoms with Crippen molar-refractivity contribution in [2.75, 3.05) is 6.54 Å². The second-order valence-electron chi connectivity index (χ2n) is 9.56. The molecule has 5 nitrogen and oxygen atoms in total. The van der Waals surface area contributed by atoms with E-state index in [1.54, 1.807) is 0 Å². The first kappa shape index (κ1) is 22.7. The number of carbonyl (C=O) groups excluding carboxylic acids is 1. The zero-order valence-corrected chi connectivity index (χ0v) is 18.6. The van der Waals surface area contributed by atoms with Crippen molar-refractivity contribution in [1.29, 1.82) is 0 Å². The van der Waals surface area contributed by atoms with Crippen molar-refractivity contribution in [1.82, 2.24) is 10.6 Å². The van der Waals surface area contributed by atoms with E-state index in [2.05, 4.69) is 55.7 Å². The summed E-state index contributed by atoms with van der Waals surface area (Å²) in [6.07, 6.45) is 2.04. The summed E-state index contributed by atoms with van der Waals surface area (Å²) in [5.41, 5.74) is 2.42. The molecule has 28 heavy (non-hydrogen) atoms. The van der Waals surface area contributed by atoms with Gasteiger partial charge in [-0.1, -0.05) is 30.3 Å². The average molecular weight is 386 g/mol. The fourth-order valence-corrected chi connectivity index (χ4v) is 2.74. The SMILES string of the molecule is CC(=O)NCC(=Cc1ccc(CNC(C)(C)C)cc1)B1OC(C)(C)C(C)(C)O1. The smallest absolute Gasteiger partial charge is 0.400 e. The van der Waals surface area contributed by atoms with Crippen LogP contribution >= 0.6 is 0 Å². The maximum absolute atomic E-state index is 11.4. The first-order chi connectivity index (χ1) is 12.8. The molecule has 1 heterocycles. The lowest BCUT2D eigenvalue weighted by atomic mass is 9.77. The molecular formula is C22H35BN2O3. The third-order valence-electron chi connectivity index (χ3n) is 5.25. The lowest BCUT2D eigenvalue weighted by Crippen LogP contribution is -2.41. The summed E-state index contributed by atoms with van der Waals surface area (Å²) in [5, 5.41) is 6.36. The van der Waals surface area contributed by atoms with E-state index in [1.165, 1.54) is 12.5 Å². The van der Waals surface area contributed by atoms with Crippen LogP contribution in [0.2, 0.25) is 0 Å². The minimum atomic E-state index is -0.487. The average Bonchev–Trinajstić information content (AvgIpc) is 2.77. The highest BCUT2D eigenvalue weighted by Gasteiger charge is 2.52. The Morgan fingerprint density at radius 1 is 1.07 bits per heavy atom. The second kappa shape index (κ2) is 8.40. The highest BCUT2D eigenvalue weighted by Crippen LogP contribution is 2.38. The molecule has 1 fully saturated rings. The van der Waals surface area contributed by atoms with E-state index in [-0.39, 0.29) is 11.4 Å². The van der Waals surface area contributed by atoms with E-state index in [0.717, 1.165) is 17.6 Å². The lowest BCUT2D eigenvalue weighted by molar-refractivity contribution is -0.118. The Morgan fingerprint density at radius 3 is 2.07 bits per heavy atom.